The molecule has 2 aromatic rings. The SMILES string of the molecule is Cc1cccc(NC(N)=NCCC(=O)Nc2cc(Br)ccc2C)c1. The van der Waals surface area contributed by atoms with Crippen LogP contribution in [0.3, 0.4) is 0 Å². The largest absolute Gasteiger partial charge is 0.370 e. The first-order valence-corrected chi connectivity index (χ1v) is 8.43. The molecule has 4 N–H and O–H groups in total. The van der Waals surface area contributed by atoms with E-state index >= 15 is 0 Å². The van der Waals surface area contributed by atoms with Gasteiger partial charge in [0.05, 0.1) is 6.54 Å². The molecule has 0 bridgehead atoms. The monoisotopic (exact) mass is 388 g/mol. The number of aryl methyl sites for hydroxylation is 2. The Balaban J connectivity index is 1.84. The van der Waals surface area contributed by atoms with Crippen molar-refractivity contribution in [2.75, 3.05) is 17.2 Å². The highest BCUT2D eigenvalue weighted by Gasteiger charge is 2.05. The number of rotatable bonds is 5. The molecule has 5 nitrogen and oxygen atoms in total. The molecular weight excluding hydrogens is 368 g/mol. The molecule has 24 heavy (non-hydrogen) atoms. The lowest BCUT2D eigenvalue weighted by Gasteiger charge is -2.09. The van der Waals surface area contributed by atoms with Crippen LogP contribution in [0.1, 0.15) is 17.5 Å². The zero-order valence-corrected chi connectivity index (χ0v) is 15.4. The highest BCUT2D eigenvalue weighted by atomic mass is 79.9. The van der Waals surface area contributed by atoms with E-state index in [0.29, 0.717) is 12.5 Å². The van der Waals surface area contributed by atoms with Crippen LogP contribution in [-0.2, 0) is 4.79 Å². The summed E-state index contributed by atoms with van der Waals surface area (Å²) in [5.41, 5.74) is 9.66. The van der Waals surface area contributed by atoms with Gasteiger partial charge in [0.15, 0.2) is 5.96 Å². The molecule has 0 aliphatic carbocycles. The first kappa shape index (κ1) is 18.0. The van der Waals surface area contributed by atoms with Gasteiger partial charge < -0.3 is 16.4 Å². The number of hydrogen-bond donors (Lipinski definition) is 3. The molecule has 0 unspecified atom stereocenters. The van der Waals surface area contributed by atoms with Crippen LogP contribution in [-0.4, -0.2) is 18.4 Å². The van der Waals surface area contributed by atoms with Crippen molar-refractivity contribution in [3.05, 3.63) is 58.1 Å². The van der Waals surface area contributed by atoms with Crippen LogP contribution < -0.4 is 16.4 Å². The van der Waals surface area contributed by atoms with E-state index in [-0.39, 0.29) is 12.3 Å². The number of carbonyl (C=O) groups excluding carboxylic acids is 1. The second-order valence-electron chi connectivity index (χ2n) is 5.52. The average Bonchev–Trinajstić information content (AvgIpc) is 2.51. The minimum Gasteiger partial charge on any atom is -0.370 e. The third-order valence-corrected chi connectivity index (χ3v) is 3.88. The molecule has 2 rings (SSSR count). The Morgan fingerprint density at radius 1 is 1.17 bits per heavy atom. The fraction of sp³-hybridized carbons (Fsp3) is 0.222. The predicted octanol–water partition coefficient (Wildman–Crippen LogP) is 3.82. The maximum Gasteiger partial charge on any atom is 0.226 e. The Hall–Kier alpha value is -2.34. The topological polar surface area (TPSA) is 79.5 Å². The Morgan fingerprint density at radius 3 is 2.71 bits per heavy atom. The molecule has 126 valence electrons. The second-order valence-corrected chi connectivity index (χ2v) is 6.43. The van der Waals surface area contributed by atoms with E-state index < -0.39 is 0 Å². The smallest absolute Gasteiger partial charge is 0.226 e. The van der Waals surface area contributed by atoms with Crippen LogP contribution in [0.25, 0.3) is 0 Å². The van der Waals surface area contributed by atoms with Crippen LogP contribution in [0.5, 0.6) is 0 Å². The molecule has 0 saturated heterocycles. The number of nitrogens with one attached hydrogen (secondary N) is 2. The highest BCUT2D eigenvalue weighted by Crippen LogP contribution is 2.20. The number of nitrogens with two attached hydrogens (primary N) is 1. The zero-order valence-electron chi connectivity index (χ0n) is 13.8. The van der Waals surface area contributed by atoms with Gasteiger partial charge in [0, 0.05) is 22.3 Å². The Kier molecular flexibility index (Phi) is 6.37. The van der Waals surface area contributed by atoms with E-state index in [4.69, 9.17) is 5.73 Å². The zero-order chi connectivity index (χ0) is 17.5. The molecule has 0 aromatic heterocycles. The Bertz CT molecular complexity index is 758. The van der Waals surface area contributed by atoms with Gasteiger partial charge in [0.1, 0.15) is 0 Å². The highest BCUT2D eigenvalue weighted by molar-refractivity contribution is 9.10. The number of carbonyl (C=O) groups is 1. The van der Waals surface area contributed by atoms with E-state index in [1.165, 1.54) is 0 Å². The molecule has 0 heterocycles. The third-order valence-electron chi connectivity index (χ3n) is 3.39. The number of amides is 1. The molecule has 0 fully saturated rings. The molecule has 6 heteroatoms. The first-order valence-electron chi connectivity index (χ1n) is 7.63. The summed E-state index contributed by atoms with van der Waals surface area (Å²) in [7, 11) is 0. The van der Waals surface area contributed by atoms with Gasteiger partial charge in [-0.15, -0.1) is 0 Å². The molecule has 0 saturated carbocycles. The number of halogens is 1. The lowest BCUT2D eigenvalue weighted by Crippen LogP contribution is -2.23. The summed E-state index contributed by atoms with van der Waals surface area (Å²) in [6.07, 6.45) is 0.266. The van der Waals surface area contributed by atoms with Crippen LogP contribution in [0.15, 0.2) is 51.9 Å². The van der Waals surface area contributed by atoms with Crippen LogP contribution >= 0.6 is 15.9 Å². The minimum atomic E-state index is -0.0942. The summed E-state index contributed by atoms with van der Waals surface area (Å²) in [4.78, 5) is 16.2. The third kappa shape index (κ3) is 5.70. The van der Waals surface area contributed by atoms with Crippen LogP contribution in [0, 0.1) is 13.8 Å². The Morgan fingerprint density at radius 2 is 1.96 bits per heavy atom. The van der Waals surface area contributed by atoms with E-state index in [2.05, 4.69) is 31.6 Å². The summed E-state index contributed by atoms with van der Waals surface area (Å²) >= 11 is 3.40. The van der Waals surface area contributed by atoms with Crippen molar-refractivity contribution in [3.8, 4) is 0 Å². The van der Waals surface area contributed by atoms with E-state index in [0.717, 1.165) is 27.0 Å². The summed E-state index contributed by atoms with van der Waals surface area (Å²) in [6.45, 7) is 4.28. The van der Waals surface area contributed by atoms with Gasteiger partial charge in [-0.25, -0.2) is 0 Å². The molecule has 0 aliphatic heterocycles. The molecule has 0 aliphatic rings. The van der Waals surface area contributed by atoms with Crippen LogP contribution in [0.2, 0.25) is 0 Å². The molecule has 2 aromatic carbocycles. The second kappa shape index (κ2) is 8.49. The van der Waals surface area contributed by atoms with Gasteiger partial charge in [0.25, 0.3) is 0 Å². The van der Waals surface area contributed by atoms with Gasteiger partial charge in [-0.05, 0) is 49.2 Å². The van der Waals surface area contributed by atoms with Gasteiger partial charge in [-0.3, -0.25) is 9.79 Å². The molecule has 1 amide bonds. The molecule has 0 spiro atoms. The van der Waals surface area contributed by atoms with Gasteiger partial charge in [-0.1, -0.05) is 34.1 Å². The fourth-order valence-electron chi connectivity index (χ4n) is 2.13. The van der Waals surface area contributed by atoms with E-state index in [1.807, 2.05) is 56.3 Å². The average molecular weight is 389 g/mol. The Labute approximate surface area is 150 Å². The number of hydrogen-bond acceptors (Lipinski definition) is 2. The summed E-state index contributed by atoms with van der Waals surface area (Å²) in [6, 6.07) is 13.6. The summed E-state index contributed by atoms with van der Waals surface area (Å²) in [5.74, 6) is 0.204. The van der Waals surface area contributed by atoms with Gasteiger partial charge in [-0.2, -0.15) is 0 Å². The number of benzene rings is 2. The number of guanidine groups is 1. The van der Waals surface area contributed by atoms with E-state index in [9.17, 15) is 4.79 Å². The van der Waals surface area contributed by atoms with Gasteiger partial charge in [0.2, 0.25) is 5.91 Å². The van der Waals surface area contributed by atoms with Crippen molar-refractivity contribution in [3.63, 3.8) is 0 Å². The summed E-state index contributed by atoms with van der Waals surface area (Å²) in [5, 5.41) is 5.90. The summed E-state index contributed by atoms with van der Waals surface area (Å²) < 4.78 is 0.924. The van der Waals surface area contributed by atoms with Crippen molar-refractivity contribution in [1.29, 1.82) is 0 Å². The lowest BCUT2D eigenvalue weighted by atomic mass is 10.2. The molecule has 0 atom stereocenters. The number of anilines is 2. The van der Waals surface area contributed by atoms with Gasteiger partial charge >= 0.3 is 0 Å². The van der Waals surface area contributed by atoms with Crippen molar-refractivity contribution in [2.45, 2.75) is 20.3 Å². The fourth-order valence-corrected chi connectivity index (χ4v) is 2.49. The first-order chi connectivity index (χ1) is 11.4. The van der Waals surface area contributed by atoms with E-state index in [1.54, 1.807) is 0 Å². The predicted molar refractivity (Wildman–Crippen MR) is 103 cm³/mol. The quantitative estimate of drug-likeness (QED) is 0.537. The van der Waals surface area contributed by atoms with Crippen molar-refractivity contribution < 1.29 is 4.79 Å². The molecule has 0 radical (unpaired) electrons. The van der Waals surface area contributed by atoms with Crippen molar-refractivity contribution >= 4 is 39.2 Å². The van der Waals surface area contributed by atoms with Crippen molar-refractivity contribution in [2.24, 2.45) is 10.7 Å². The maximum absolute atomic E-state index is 12.0. The maximum atomic E-state index is 12.0. The minimum absolute atomic E-state index is 0.0942. The normalized spacial score (nSPS) is 11.2. The number of aliphatic imine (C=N–C) groups is 1. The number of nitrogens with zero attached hydrogens (tertiary/aromatic N) is 1. The standard InChI is InChI=1S/C18H21BrN4O/c1-12-4-3-5-15(10-12)22-18(20)21-9-8-17(24)23-16-11-14(19)7-6-13(16)2/h3-7,10-11H,8-9H2,1-2H3,(H,23,24)(H3,20,21,22). The van der Waals surface area contributed by atoms with Crippen LogP contribution in [0.4, 0.5) is 11.4 Å². The molecular formula is C18H21BrN4O. The lowest BCUT2D eigenvalue weighted by molar-refractivity contribution is -0.116. The van der Waals surface area contributed by atoms with Crippen molar-refractivity contribution in [1.82, 2.24) is 0 Å².